The van der Waals surface area contributed by atoms with Crippen LogP contribution in [0.3, 0.4) is 0 Å². The van der Waals surface area contributed by atoms with Crippen LogP contribution >= 0.6 is 0 Å². The fraction of sp³-hybridized carbons (Fsp3) is 0.250. The maximum atomic E-state index is 13.8. The zero-order valence-electron chi connectivity index (χ0n) is 11.3. The molecule has 6 nitrogen and oxygen atoms in total. The average Bonchev–Trinajstić information content (AvgIpc) is 2.68. The van der Waals surface area contributed by atoms with E-state index in [4.69, 9.17) is 9.88 Å². The van der Waals surface area contributed by atoms with Crippen LogP contribution in [0.4, 0.5) is 8.78 Å². The molecule has 1 heterocycles. The van der Waals surface area contributed by atoms with Gasteiger partial charge in [0.05, 0.1) is 11.4 Å². The first-order valence-electron chi connectivity index (χ1n) is 5.83. The second-order valence-corrected chi connectivity index (χ2v) is 5.95. The molecule has 21 heavy (non-hydrogen) atoms. The monoisotopic (exact) mass is 317 g/mol. The Hall–Kier alpha value is -2.00. The Morgan fingerprint density at radius 2 is 2.00 bits per heavy atom. The number of ether oxygens (including phenoxy) is 1. The van der Waals surface area contributed by atoms with Crippen LogP contribution in [0.2, 0.25) is 0 Å². The SMILES string of the molecule is Cc1cc(COc2ccc(S(N)(=O)=O)c(F)c2F)n(C)n1. The van der Waals surface area contributed by atoms with Crippen LogP contribution in [0.15, 0.2) is 23.1 Å². The lowest BCUT2D eigenvalue weighted by molar-refractivity contribution is 0.274. The van der Waals surface area contributed by atoms with Gasteiger partial charge >= 0.3 is 0 Å². The third-order valence-electron chi connectivity index (χ3n) is 2.79. The predicted octanol–water partition coefficient (Wildman–Crippen LogP) is 1.23. The summed E-state index contributed by atoms with van der Waals surface area (Å²) in [5, 5.41) is 8.86. The van der Waals surface area contributed by atoms with Gasteiger partial charge < -0.3 is 4.74 Å². The number of benzene rings is 1. The molecule has 1 aromatic heterocycles. The maximum absolute atomic E-state index is 13.8. The number of hydrogen-bond acceptors (Lipinski definition) is 4. The van der Waals surface area contributed by atoms with E-state index in [-0.39, 0.29) is 6.61 Å². The lowest BCUT2D eigenvalue weighted by Crippen LogP contribution is -2.15. The lowest BCUT2D eigenvalue weighted by Gasteiger charge is -2.09. The van der Waals surface area contributed by atoms with Crippen molar-refractivity contribution in [2.24, 2.45) is 12.2 Å². The molecule has 2 aromatic rings. The van der Waals surface area contributed by atoms with Crippen molar-refractivity contribution < 1.29 is 21.9 Å². The van der Waals surface area contributed by atoms with E-state index in [1.54, 1.807) is 24.7 Å². The summed E-state index contributed by atoms with van der Waals surface area (Å²) in [5.74, 6) is -3.37. The molecule has 0 spiro atoms. The molecule has 0 aliphatic carbocycles. The van der Waals surface area contributed by atoms with Crippen LogP contribution < -0.4 is 9.88 Å². The molecule has 114 valence electrons. The maximum Gasteiger partial charge on any atom is 0.241 e. The van der Waals surface area contributed by atoms with Gasteiger partial charge in [0.1, 0.15) is 11.5 Å². The summed E-state index contributed by atoms with van der Waals surface area (Å²) in [6, 6.07) is 3.60. The van der Waals surface area contributed by atoms with Crippen molar-refractivity contribution in [1.29, 1.82) is 0 Å². The van der Waals surface area contributed by atoms with E-state index in [0.29, 0.717) is 5.69 Å². The molecule has 1 aromatic carbocycles. The minimum atomic E-state index is -4.33. The molecule has 0 saturated carbocycles. The zero-order chi connectivity index (χ0) is 15.8. The Bertz CT molecular complexity index is 787. The van der Waals surface area contributed by atoms with Gasteiger partial charge in [0.2, 0.25) is 15.8 Å². The minimum Gasteiger partial charge on any atom is -0.484 e. The molecule has 0 atom stereocenters. The standard InChI is InChI=1S/C12H13F2N3O3S/c1-7-5-8(17(2)16-7)6-20-9-3-4-10(21(15,18)19)12(14)11(9)13/h3-5H,6H2,1-2H3,(H2,15,18,19). The number of sulfonamides is 1. The average molecular weight is 317 g/mol. The van der Waals surface area contributed by atoms with Crippen LogP contribution in [0.1, 0.15) is 11.4 Å². The molecule has 0 bridgehead atoms. The van der Waals surface area contributed by atoms with E-state index in [9.17, 15) is 17.2 Å². The van der Waals surface area contributed by atoms with Crippen LogP contribution in [0.5, 0.6) is 5.75 Å². The molecule has 0 radical (unpaired) electrons. The topological polar surface area (TPSA) is 87.2 Å². The number of aryl methyl sites for hydroxylation is 2. The molecule has 0 aliphatic rings. The number of aromatic nitrogens is 2. The quantitative estimate of drug-likeness (QED) is 0.919. The number of nitrogens with two attached hydrogens (primary N) is 1. The summed E-state index contributed by atoms with van der Waals surface area (Å²) in [7, 11) is -2.64. The Morgan fingerprint density at radius 1 is 1.33 bits per heavy atom. The van der Waals surface area contributed by atoms with Crippen molar-refractivity contribution >= 4 is 10.0 Å². The van der Waals surface area contributed by atoms with E-state index >= 15 is 0 Å². The third-order valence-corrected chi connectivity index (χ3v) is 3.72. The molecule has 0 unspecified atom stereocenters. The molecular formula is C12H13F2N3O3S. The fourth-order valence-electron chi connectivity index (χ4n) is 1.80. The molecule has 2 rings (SSSR count). The van der Waals surface area contributed by atoms with Gasteiger partial charge in [-0.25, -0.2) is 17.9 Å². The van der Waals surface area contributed by atoms with Crippen molar-refractivity contribution in [3.05, 3.63) is 41.2 Å². The van der Waals surface area contributed by atoms with E-state index in [0.717, 1.165) is 17.8 Å². The number of nitrogens with zero attached hydrogens (tertiary/aromatic N) is 2. The van der Waals surface area contributed by atoms with Crippen molar-refractivity contribution in [2.45, 2.75) is 18.4 Å². The van der Waals surface area contributed by atoms with Crippen molar-refractivity contribution in [1.82, 2.24) is 9.78 Å². The van der Waals surface area contributed by atoms with E-state index < -0.39 is 32.3 Å². The highest BCUT2D eigenvalue weighted by Gasteiger charge is 2.21. The first-order chi connectivity index (χ1) is 9.70. The highest BCUT2D eigenvalue weighted by atomic mass is 32.2. The summed E-state index contributed by atoms with van der Waals surface area (Å²) in [6.07, 6.45) is 0. The molecule has 0 saturated heterocycles. The highest BCUT2D eigenvalue weighted by Crippen LogP contribution is 2.25. The predicted molar refractivity (Wildman–Crippen MR) is 70.0 cm³/mol. The number of hydrogen-bond donors (Lipinski definition) is 1. The summed E-state index contributed by atoms with van der Waals surface area (Å²) < 4.78 is 56.2. The van der Waals surface area contributed by atoms with Crippen LogP contribution in [-0.4, -0.2) is 18.2 Å². The Labute approximate surface area is 120 Å². The highest BCUT2D eigenvalue weighted by molar-refractivity contribution is 7.89. The summed E-state index contributed by atoms with van der Waals surface area (Å²) in [5.41, 5.74) is 1.41. The third kappa shape index (κ3) is 3.19. The van der Waals surface area contributed by atoms with Gasteiger partial charge in [-0.2, -0.15) is 9.49 Å². The molecule has 0 amide bonds. The normalized spacial score (nSPS) is 11.7. The lowest BCUT2D eigenvalue weighted by atomic mass is 10.3. The number of primary sulfonamides is 1. The first-order valence-corrected chi connectivity index (χ1v) is 7.38. The van der Waals surface area contributed by atoms with Crippen molar-refractivity contribution in [2.75, 3.05) is 0 Å². The fourth-order valence-corrected chi connectivity index (χ4v) is 2.39. The van der Waals surface area contributed by atoms with Gasteiger partial charge in [0.25, 0.3) is 0 Å². The first kappa shape index (κ1) is 15.4. The van der Waals surface area contributed by atoms with Gasteiger partial charge in [-0.3, -0.25) is 4.68 Å². The zero-order valence-corrected chi connectivity index (χ0v) is 12.1. The van der Waals surface area contributed by atoms with Crippen LogP contribution in [-0.2, 0) is 23.7 Å². The van der Waals surface area contributed by atoms with E-state index in [2.05, 4.69) is 5.10 Å². The Balaban J connectivity index is 2.26. The molecule has 2 N–H and O–H groups in total. The molecular weight excluding hydrogens is 304 g/mol. The largest absolute Gasteiger partial charge is 0.484 e. The van der Waals surface area contributed by atoms with Gasteiger partial charge in [0, 0.05) is 7.05 Å². The smallest absolute Gasteiger partial charge is 0.241 e. The Morgan fingerprint density at radius 3 is 2.52 bits per heavy atom. The summed E-state index contributed by atoms with van der Waals surface area (Å²) >= 11 is 0. The Kier molecular flexibility index (Phi) is 3.97. The number of rotatable bonds is 4. The van der Waals surface area contributed by atoms with Crippen LogP contribution in [0.25, 0.3) is 0 Å². The van der Waals surface area contributed by atoms with Gasteiger partial charge in [-0.15, -0.1) is 0 Å². The molecule has 0 fully saturated rings. The second kappa shape index (κ2) is 5.41. The summed E-state index contributed by atoms with van der Waals surface area (Å²) in [4.78, 5) is -0.913. The van der Waals surface area contributed by atoms with E-state index in [1.807, 2.05) is 0 Å². The summed E-state index contributed by atoms with van der Waals surface area (Å²) in [6.45, 7) is 1.74. The van der Waals surface area contributed by atoms with Gasteiger partial charge in [0.15, 0.2) is 11.6 Å². The second-order valence-electron chi connectivity index (χ2n) is 4.42. The molecule has 0 aliphatic heterocycles. The van der Waals surface area contributed by atoms with Crippen molar-refractivity contribution in [3.8, 4) is 5.75 Å². The van der Waals surface area contributed by atoms with Crippen LogP contribution in [0, 0.1) is 18.6 Å². The minimum absolute atomic E-state index is 0.0393. The number of halogens is 2. The van der Waals surface area contributed by atoms with Gasteiger partial charge in [-0.1, -0.05) is 0 Å². The van der Waals surface area contributed by atoms with Gasteiger partial charge in [-0.05, 0) is 25.1 Å². The van der Waals surface area contributed by atoms with Crippen molar-refractivity contribution in [3.63, 3.8) is 0 Å². The molecule has 9 heteroatoms. The van der Waals surface area contributed by atoms with E-state index in [1.165, 1.54) is 0 Å².